The summed E-state index contributed by atoms with van der Waals surface area (Å²) in [5, 5.41) is 0. The third-order valence-electron chi connectivity index (χ3n) is 3.43. The number of nitrogens with zero attached hydrogens (tertiary/aromatic N) is 2. The zero-order valence-electron chi connectivity index (χ0n) is 10.2. The fourth-order valence-electron chi connectivity index (χ4n) is 2.68. The minimum Gasteiger partial charge on any atom is -0.406 e. The normalized spacial score (nSPS) is 25.7. The molecule has 2 aromatic heterocycles. The van der Waals surface area contributed by atoms with Gasteiger partial charge in [0.25, 0.3) is 0 Å². The first-order valence-electron chi connectivity index (χ1n) is 6.04. The predicted octanol–water partition coefficient (Wildman–Crippen LogP) is 0.262. The van der Waals surface area contributed by atoms with Gasteiger partial charge in [-0.1, -0.05) is 0 Å². The third kappa shape index (κ3) is 2.04. The molecule has 1 aliphatic heterocycles. The molecule has 3 heterocycles. The molecule has 6 nitrogen and oxygen atoms in total. The Morgan fingerprint density at radius 1 is 1.56 bits per heavy atom. The average molecular weight is 248 g/mol. The van der Waals surface area contributed by atoms with Crippen molar-refractivity contribution in [2.75, 3.05) is 20.1 Å². The molecule has 6 heteroatoms. The van der Waals surface area contributed by atoms with E-state index < -0.39 is 5.76 Å². The maximum Gasteiger partial charge on any atom is 0.418 e. The molecular formula is C12H16N4O2. The van der Waals surface area contributed by atoms with Gasteiger partial charge in [-0.25, -0.2) is 9.78 Å². The summed E-state index contributed by atoms with van der Waals surface area (Å²) in [5.41, 5.74) is 8.11. The lowest BCUT2D eigenvalue weighted by molar-refractivity contribution is 0.227. The number of hydrogen-bond acceptors (Lipinski definition) is 5. The Hall–Kier alpha value is -1.66. The molecule has 2 aromatic rings. The largest absolute Gasteiger partial charge is 0.418 e. The average Bonchev–Trinajstić information content (AvgIpc) is 2.66. The first-order valence-corrected chi connectivity index (χ1v) is 6.04. The topological polar surface area (TPSA) is 88.1 Å². The number of fused-ring (bicyclic) bond motifs is 1. The monoisotopic (exact) mass is 248 g/mol. The van der Waals surface area contributed by atoms with E-state index >= 15 is 0 Å². The summed E-state index contributed by atoms with van der Waals surface area (Å²) in [6.45, 7) is 1.88. The molecule has 3 N–H and O–H groups in total. The summed E-state index contributed by atoms with van der Waals surface area (Å²) in [5.74, 6) is -0.122. The minimum absolute atomic E-state index is 0.183. The van der Waals surface area contributed by atoms with Gasteiger partial charge < -0.3 is 15.1 Å². The second kappa shape index (κ2) is 4.22. The number of aromatic nitrogens is 2. The molecule has 1 saturated heterocycles. The quantitative estimate of drug-likeness (QED) is 0.756. The molecule has 0 radical (unpaired) electrons. The lowest BCUT2D eigenvalue weighted by Crippen LogP contribution is -2.44. The maximum atomic E-state index is 11.1. The van der Waals surface area contributed by atoms with Crippen molar-refractivity contribution in [1.29, 1.82) is 0 Å². The summed E-state index contributed by atoms with van der Waals surface area (Å²) in [7, 11) is 2.06. The first-order chi connectivity index (χ1) is 8.61. The fraction of sp³-hybridized carbons (Fsp3) is 0.500. The van der Waals surface area contributed by atoms with E-state index in [0.29, 0.717) is 17.1 Å². The van der Waals surface area contributed by atoms with E-state index in [0.717, 1.165) is 25.1 Å². The Labute approximate surface area is 104 Å². The molecule has 0 amide bonds. The number of piperidine rings is 1. The number of hydrogen-bond donors (Lipinski definition) is 2. The van der Waals surface area contributed by atoms with Gasteiger partial charge in [0, 0.05) is 25.3 Å². The Morgan fingerprint density at radius 2 is 2.39 bits per heavy atom. The molecule has 1 aliphatic rings. The number of likely N-dealkylation sites (tertiary alicyclic amines) is 1. The molecule has 0 aliphatic carbocycles. The molecule has 0 bridgehead atoms. The van der Waals surface area contributed by atoms with E-state index in [2.05, 4.69) is 21.9 Å². The Balaban J connectivity index is 1.95. The van der Waals surface area contributed by atoms with Crippen LogP contribution in [0, 0.1) is 0 Å². The highest BCUT2D eigenvalue weighted by Gasteiger charge is 2.24. The number of pyridine rings is 1. The van der Waals surface area contributed by atoms with E-state index in [1.807, 2.05) is 6.07 Å². The third-order valence-corrected chi connectivity index (χ3v) is 3.43. The van der Waals surface area contributed by atoms with Crippen molar-refractivity contribution in [2.45, 2.75) is 18.4 Å². The van der Waals surface area contributed by atoms with Gasteiger partial charge in [-0.05, 0) is 31.0 Å². The molecule has 0 spiro atoms. The van der Waals surface area contributed by atoms with Gasteiger partial charge in [0.15, 0.2) is 11.2 Å². The molecule has 96 valence electrons. The van der Waals surface area contributed by atoms with Crippen LogP contribution in [-0.2, 0) is 0 Å². The van der Waals surface area contributed by atoms with Gasteiger partial charge >= 0.3 is 5.76 Å². The summed E-state index contributed by atoms with van der Waals surface area (Å²) in [4.78, 5) is 20.1. The SMILES string of the molecule is CN1CC(N)CC(c2cnc3[nH]c(=O)oc3c2)C1. The van der Waals surface area contributed by atoms with Crippen molar-refractivity contribution in [1.82, 2.24) is 14.9 Å². The molecular weight excluding hydrogens is 232 g/mol. The number of likely N-dealkylation sites (N-methyl/N-ethyl adjacent to an activating group) is 1. The highest BCUT2D eigenvalue weighted by atomic mass is 16.4. The number of aromatic amines is 1. The van der Waals surface area contributed by atoms with Crippen LogP contribution in [-0.4, -0.2) is 41.0 Å². The molecule has 2 atom stereocenters. The number of oxazole rings is 1. The number of nitrogens with two attached hydrogens (primary N) is 1. The highest BCUT2D eigenvalue weighted by Crippen LogP contribution is 2.26. The second-order valence-corrected chi connectivity index (χ2v) is 5.04. The molecule has 3 rings (SSSR count). The lowest BCUT2D eigenvalue weighted by Gasteiger charge is -2.33. The van der Waals surface area contributed by atoms with Gasteiger partial charge in [-0.15, -0.1) is 0 Å². The van der Waals surface area contributed by atoms with Gasteiger partial charge in [-0.2, -0.15) is 0 Å². The zero-order chi connectivity index (χ0) is 12.7. The second-order valence-electron chi connectivity index (χ2n) is 5.04. The number of rotatable bonds is 1. The van der Waals surface area contributed by atoms with Crippen molar-refractivity contribution in [2.24, 2.45) is 5.73 Å². The summed E-state index contributed by atoms with van der Waals surface area (Å²) >= 11 is 0. The van der Waals surface area contributed by atoms with Crippen molar-refractivity contribution in [3.63, 3.8) is 0 Å². The van der Waals surface area contributed by atoms with E-state index in [1.54, 1.807) is 6.20 Å². The lowest BCUT2D eigenvalue weighted by atomic mass is 9.89. The van der Waals surface area contributed by atoms with E-state index in [-0.39, 0.29) is 6.04 Å². The van der Waals surface area contributed by atoms with Crippen LogP contribution in [0.1, 0.15) is 17.9 Å². The van der Waals surface area contributed by atoms with Crippen LogP contribution in [0.15, 0.2) is 21.5 Å². The zero-order valence-corrected chi connectivity index (χ0v) is 10.2. The van der Waals surface area contributed by atoms with Gasteiger partial charge in [0.05, 0.1) is 0 Å². The van der Waals surface area contributed by atoms with Crippen molar-refractivity contribution >= 4 is 11.2 Å². The van der Waals surface area contributed by atoms with Crippen molar-refractivity contribution in [3.05, 3.63) is 28.4 Å². The Bertz CT molecular complexity index is 608. The van der Waals surface area contributed by atoms with Crippen LogP contribution in [0.2, 0.25) is 0 Å². The summed E-state index contributed by atoms with van der Waals surface area (Å²) < 4.78 is 5.03. The van der Waals surface area contributed by atoms with Gasteiger partial charge in [-0.3, -0.25) is 4.98 Å². The minimum atomic E-state index is -0.466. The molecule has 0 saturated carbocycles. The number of H-pyrrole nitrogens is 1. The van der Waals surface area contributed by atoms with E-state index in [9.17, 15) is 4.79 Å². The van der Waals surface area contributed by atoms with Crippen LogP contribution in [0.25, 0.3) is 11.2 Å². The Kier molecular flexibility index (Phi) is 2.68. The first kappa shape index (κ1) is 11.4. The molecule has 1 fully saturated rings. The summed E-state index contributed by atoms with van der Waals surface area (Å²) in [6, 6.07) is 2.07. The number of nitrogens with one attached hydrogen (secondary N) is 1. The van der Waals surface area contributed by atoms with Gasteiger partial charge in [0.2, 0.25) is 0 Å². The van der Waals surface area contributed by atoms with Crippen LogP contribution in [0.3, 0.4) is 0 Å². The molecule has 0 aromatic carbocycles. The van der Waals surface area contributed by atoms with Crippen molar-refractivity contribution in [3.8, 4) is 0 Å². The standard InChI is InChI=1S/C12H16N4O2/c1-16-5-8(2-9(13)6-16)7-3-10-11(14-4-7)15-12(17)18-10/h3-4,8-9H,2,5-6,13H2,1H3,(H,14,15,17). The van der Waals surface area contributed by atoms with Crippen LogP contribution >= 0.6 is 0 Å². The summed E-state index contributed by atoms with van der Waals surface area (Å²) in [6.07, 6.45) is 2.73. The van der Waals surface area contributed by atoms with Crippen LogP contribution in [0.4, 0.5) is 0 Å². The molecule has 2 unspecified atom stereocenters. The van der Waals surface area contributed by atoms with Crippen LogP contribution < -0.4 is 11.5 Å². The van der Waals surface area contributed by atoms with E-state index in [1.165, 1.54) is 0 Å². The van der Waals surface area contributed by atoms with Gasteiger partial charge in [0.1, 0.15) is 0 Å². The van der Waals surface area contributed by atoms with E-state index in [4.69, 9.17) is 10.2 Å². The van der Waals surface area contributed by atoms with Crippen LogP contribution in [0.5, 0.6) is 0 Å². The maximum absolute atomic E-state index is 11.1. The fourth-order valence-corrected chi connectivity index (χ4v) is 2.68. The Morgan fingerprint density at radius 3 is 3.17 bits per heavy atom. The molecule has 18 heavy (non-hydrogen) atoms. The smallest absolute Gasteiger partial charge is 0.406 e. The van der Waals surface area contributed by atoms with Crippen molar-refractivity contribution < 1.29 is 4.42 Å². The highest BCUT2D eigenvalue weighted by molar-refractivity contribution is 5.67. The predicted molar refractivity (Wildman–Crippen MR) is 67.5 cm³/mol.